The van der Waals surface area contributed by atoms with Crippen molar-refractivity contribution in [2.24, 2.45) is 5.73 Å². The van der Waals surface area contributed by atoms with Gasteiger partial charge in [0.05, 0.1) is 23.5 Å². The topological polar surface area (TPSA) is 96.7 Å². The molecule has 1 aromatic rings. The Morgan fingerprint density at radius 3 is 3.03 bits per heavy atom. The van der Waals surface area contributed by atoms with Crippen LogP contribution in [0.15, 0.2) is 29.3 Å². The fourth-order valence-corrected chi connectivity index (χ4v) is 5.05. The molecule has 2 amide bonds. The highest BCUT2D eigenvalue weighted by atomic mass is 35.5. The molecule has 1 unspecified atom stereocenters. The Bertz CT molecular complexity index is 798. The lowest BCUT2D eigenvalue weighted by Crippen LogP contribution is -2.47. The molecule has 4 N–H and O–H groups in total. The van der Waals surface area contributed by atoms with Crippen LogP contribution in [0.1, 0.15) is 5.56 Å². The number of rotatable bonds is 8. The van der Waals surface area contributed by atoms with Gasteiger partial charge < -0.3 is 21.1 Å². The summed E-state index contributed by atoms with van der Waals surface area (Å²) in [5.74, 6) is -0.777. The molecule has 29 heavy (non-hydrogen) atoms. The van der Waals surface area contributed by atoms with Gasteiger partial charge in [0, 0.05) is 31.6 Å². The zero-order chi connectivity index (χ0) is 20.8. The number of benzene rings is 1. The molecule has 0 saturated carbocycles. The molecular weight excluding hydrogens is 439 g/mol. The summed E-state index contributed by atoms with van der Waals surface area (Å²) >= 11 is 8.65. The highest BCUT2D eigenvalue weighted by Crippen LogP contribution is 2.29. The van der Waals surface area contributed by atoms with Crippen molar-refractivity contribution >= 4 is 46.9 Å². The Balaban J connectivity index is 1.36. The van der Waals surface area contributed by atoms with Gasteiger partial charge in [0.1, 0.15) is 16.2 Å². The second-order valence-corrected chi connectivity index (χ2v) is 9.38. The fraction of sp³-hybridized carbons (Fsp3) is 0.444. The summed E-state index contributed by atoms with van der Waals surface area (Å²) in [5, 5.41) is 7.62. The van der Waals surface area contributed by atoms with Crippen LogP contribution in [0.4, 0.5) is 4.39 Å². The number of morpholine rings is 1. The van der Waals surface area contributed by atoms with E-state index in [0.29, 0.717) is 31.9 Å². The Labute approximate surface area is 181 Å². The summed E-state index contributed by atoms with van der Waals surface area (Å²) in [6.45, 7) is 3.04. The first kappa shape index (κ1) is 22.2. The van der Waals surface area contributed by atoms with Gasteiger partial charge in [0.25, 0.3) is 5.91 Å². The second-order valence-electron chi connectivity index (χ2n) is 6.60. The smallest absolute Gasteiger partial charge is 0.265 e. The molecule has 3 rings (SSSR count). The minimum absolute atomic E-state index is 0.101. The molecule has 2 aliphatic heterocycles. The van der Waals surface area contributed by atoms with Crippen LogP contribution < -0.4 is 16.4 Å². The van der Waals surface area contributed by atoms with Crippen LogP contribution in [-0.2, 0) is 20.9 Å². The molecule has 0 aromatic heterocycles. The molecule has 0 radical (unpaired) electrons. The first-order chi connectivity index (χ1) is 13.9. The zero-order valence-electron chi connectivity index (χ0n) is 15.5. The van der Waals surface area contributed by atoms with Gasteiger partial charge in [-0.05, 0) is 17.7 Å². The van der Waals surface area contributed by atoms with Gasteiger partial charge >= 0.3 is 0 Å². The molecule has 1 aromatic carbocycles. The van der Waals surface area contributed by atoms with Crippen LogP contribution in [-0.4, -0.2) is 59.5 Å². The van der Waals surface area contributed by atoms with Crippen molar-refractivity contribution in [1.29, 1.82) is 0 Å². The summed E-state index contributed by atoms with van der Waals surface area (Å²) in [6, 6.07) is 4.72. The van der Waals surface area contributed by atoms with Gasteiger partial charge in [-0.15, -0.1) is 11.8 Å². The van der Waals surface area contributed by atoms with E-state index in [1.807, 2.05) is 0 Å². The van der Waals surface area contributed by atoms with E-state index in [2.05, 4.69) is 15.5 Å². The van der Waals surface area contributed by atoms with E-state index in [1.165, 1.54) is 29.6 Å². The van der Waals surface area contributed by atoms with Crippen LogP contribution in [0.5, 0.6) is 0 Å². The third-order valence-electron chi connectivity index (χ3n) is 4.35. The number of carbonyl (C=O) groups excluding carboxylic acids is 2. The van der Waals surface area contributed by atoms with Crippen molar-refractivity contribution in [2.45, 2.75) is 17.4 Å². The lowest BCUT2D eigenvalue weighted by atomic mass is 10.2. The number of hydrogen-bond acceptors (Lipinski definition) is 7. The van der Waals surface area contributed by atoms with Crippen molar-refractivity contribution < 1.29 is 18.7 Å². The van der Waals surface area contributed by atoms with Crippen LogP contribution >= 0.6 is 35.1 Å². The first-order valence-electron chi connectivity index (χ1n) is 8.99. The molecule has 0 aliphatic carbocycles. The normalized spacial score (nSPS) is 22.1. The highest BCUT2D eigenvalue weighted by molar-refractivity contribution is 8.18. The van der Waals surface area contributed by atoms with Gasteiger partial charge in [-0.3, -0.25) is 14.5 Å². The number of nitrogens with one attached hydrogen (secondary N) is 2. The summed E-state index contributed by atoms with van der Waals surface area (Å²) in [6.07, 6.45) is -0.115. The van der Waals surface area contributed by atoms with E-state index in [1.54, 1.807) is 17.5 Å². The predicted octanol–water partition coefficient (Wildman–Crippen LogP) is 1.48. The number of ether oxygens (including phenoxy) is 1. The number of halogens is 2. The van der Waals surface area contributed by atoms with Gasteiger partial charge in [0.15, 0.2) is 0 Å². The van der Waals surface area contributed by atoms with E-state index in [-0.39, 0.29) is 27.5 Å². The van der Waals surface area contributed by atoms with Crippen LogP contribution in [0.25, 0.3) is 0 Å². The van der Waals surface area contributed by atoms with Crippen molar-refractivity contribution in [3.8, 4) is 0 Å². The molecule has 0 spiro atoms. The van der Waals surface area contributed by atoms with E-state index in [9.17, 15) is 14.0 Å². The lowest BCUT2D eigenvalue weighted by Gasteiger charge is -2.33. The Morgan fingerprint density at radius 2 is 2.31 bits per heavy atom. The quantitative estimate of drug-likeness (QED) is 0.540. The Morgan fingerprint density at radius 1 is 1.48 bits per heavy atom. The van der Waals surface area contributed by atoms with Crippen molar-refractivity contribution in [1.82, 2.24) is 15.5 Å². The number of carbonyl (C=O) groups is 2. The number of thioether (sulfide) groups is 2. The minimum atomic E-state index is -0.507. The van der Waals surface area contributed by atoms with Crippen LogP contribution in [0, 0.1) is 5.82 Å². The maximum Gasteiger partial charge on any atom is 0.265 e. The first-order valence-corrected chi connectivity index (χ1v) is 11.4. The van der Waals surface area contributed by atoms with Gasteiger partial charge in [-0.2, -0.15) is 0 Å². The lowest BCUT2D eigenvalue weighted by molar-refractivity contribution is -0.119. The second kappa shape index (κ2) is 10.5. The van der Waals surface area contributed by atoms with Crippen molar-refractivity contribution in [2.75, 3.05) is 32.0 Å². The maximum absolute atomic E-state index is 13.3. The SMILES string of the molecule is NC(=O)C1=CSC(SCC(=O)NC[C@H]2CN(Cc3ccc(F)c(Cl)c3)CCO2)N1. The standard InChI is InChI=1S/C18H22ClFN4O3S2/c19-13-5-11(1-2-14(13)20)7-24-3-4-27-12(8-24)6-22-16(25)10-29-18-23-15(9-28-18)17(21)26/h1-2,5,9,12,18,23H,3-4,6-8,10H2,(H2,21,26)(H,22,25)/t12-,18?/m0/s1. The molecule has 2 heterocycles. The predicted molar refractivity (Wildman–Crippen MR) is 114 cm³/mol. The van der Waals surface area contributed by atoms with E-state index in [4.69, 9.17) is 22.1 Å². The molecule has 2 atom stereocenters. The molecular formula is C18H22ClFN4O3S2. The molecule has 1 saturated heterocycles. The van der Waals surface area contributed by atoms with E-state index in [0.717, 1.165) is 12.1 Å². The largest absolute Gasteiger partial charge is 0.374 e. The average Bonchev–Trinajstić information content (AvgIpc) is 3.17. The van der Waals surface area contributed by atoms with E-state index >= 15 is 0 Å². The van der Waals surface area contributed by atoms with Gasteiger partial charge in [-0.1, -0.05) is 29.4 Å². The number of nitrogens with zero attached hydrogens (tertiary/aromatic N) is 1. The molecule has 158 valence electrons. The van der Waals surface area contributed by atoms with Crippen LogP contribution in [0.3, 0.4) is 0 Å². The van der Waals surface area contributed by atoms with Crippen molar-refractivity contribution in [3.05, 3.63) is 45.7 Å². The Kier molecular flexibility index (Phi) is 8.07. The molecule has 1 fully saturated rings. The highest BCUT2D eigenvalue weighted by Gasteiger charge is 2.23. The summed E-state index contributed by atoms with van der Waals surface area (Å²) < 4.78 is 18.9. The number of primary amides is 1. The van der Waals surface area contributed by atoms with Gasteiger partial charge in [0.2, 0.25) is 5.91 Å². The number of hydrogen-bond donors (Lipinski definition) is 3. The third-order valence-corrected chi connectivity index (χ3v) is 6.97. The monoisotopic (exact) mass is 460 g/mol. The molecule has 0 bridgehead atoms. The number of nitrogens with two attached hydrogens (primary N) is 1. The van der Waals surface area contributed by atoms with Gasteiger partial charge in [-0.25, -0.2) is 4.39 Å². The van der Waals surface area contributed by atoms with Crippen LogP contribution in [0.2, 0.25) is 5.02 Å². The summed E-state index contributed by atoms with van der Waals surface area (Å²) in [7, 11) is 0. The minimum Gasteiger partial charge on any atom is -0.374 e. The molecule has 2 aliphatic rings. The average molecular weight is 461 g/mol. The van der Waals surface area contributed by atoms with E-state index < -0.39 is 11.7 Å². The maximum atomic E-state index is 13.3. The summed E-state index contributed by atoms with van der Waals surface area (Å²) in [5.41, 5.74) is 6.51. The van der Waals surface area contributed by atoms with Crippen molar-refractivity contribution in [3.63, 3.8) is 0 Å². The fourth-order valence-electron chi connectivity index (χ4n) is 2.91. The molecule has 7 nitrogen and oxygen atoms in total. The third kappa shape index (κ3) is 6.78. The zero-order valence-corrected chi connectivity index (χ0v) is 17.9. The Hall–Kier alpha value is -1.46. The number of amides is 2. The summed E-state index contributed by atoms with van der Waals surface area (Å²) in [4.78, 5) is 25.4. The molecule has 11 heteroatoms.